The Kier molecular flexibility index (Phi) is 10.2. The number of benzene rings is 2. The fourth-order valence-electron chi connectivity index (χ4n) is 5.47. The summed E-state index contributed by atoms with van der Waals surface area (Å²) in [6.45, 7) is 7.40. The number of rotatable bonds is 12. The van der Waals surface area contributed by atoms with E-state index in [9.17, 15) is 14.7 Å². The fourth-order valence-corrected chi connectivity index (χ4v) is 5.47. The zero-order valence-corrected chi connectivity index (χ0v) is 23.2. The van der Waals surface area contributed by atoms with Crippen LogP contribution in [0.4, 0.5) is 0 Å². The van der Waals surface area contributed by atoms with E-state index in [1.165, 1.54) is 6.42 Å². The van der Waals surface area contributed by atoms with Gasteiger partial charge in [-0.3, -0.25) is 9.59 Å². The molecule has 1 atom stereocenters. The van der Waals surface area contributed by atoms with E-state index in [1.807, 2.05) is 36.4 Å². The molecule has 0 aliphatic heterocycles. The Balaban J connectivity index is 1.66. The predicted molar refractivity (Wildman–Crippen MR) is 156 cm³/mol. The molecule has 39 heavy (non-hydrogen) atoms. The van der Waals surface area contributed by atoms with E-state index in [4.69, 9.17) is 0 Å². The van der Waals surface area contributed by atoms with Crippen LogP contribution < -0.4 is 5.32 Å². The van der Waals surface area contributed by atoms with Gasteiger partial charge in [-0.05, 0) is 74.3 Å². The number of hydrogen-bond donors (Lipinski definition) is 3. The van der Waals surface area contributed by atoms with Gasteiger partial charge in [0.1, 0.15) is 17.5 Å². The first kappa shape index (κ1) is 28.4. The van der Waals surface area contributed by atoms with Crippen LogP contribution in [0.15, 0.2) is 66.7 Å². The van der Waals surface area contributed by atoms with Crippen molar-refractivity contribution in [1.29, 1.82) is 0 Å². The van der Waals surface area contributed by atoms with Crippen molar-refractivity contribution >= 4 is 11.8 Å². The molecular formula is C32H42N4O3. The summed E-state index contributed by atoms with van der Waals surface area (Å²) in [6, 6.07) is 19.6. The quantitative estimate of drug-likeness (QED) is 0.278. The van der Waals surface area contributed by atoms with Gasteiger partial charge in [-0.1, -0.05) is 75.6 Å². The lowest BCUT2D eigenvalue weighted by Gasteiger charge is -2.33. The summed E-state index contributed by atoms with van der Waals surface area (Å²) >= 11 is 0. The molecule has 0 bridgehead atoms. The van der Waals surface area contributed by atoms with Gasteiger partial charge >= 0.3 is 0 Å². The molecule has 3 N–H and O–H groups in total. The third-order valence-corrected chi connectivity index (χ3v) is 7.75. The number of phenols is 1. The average Bonchev–Trinajstić information content (AvgIpc) is 3.47. The molecule has 7 nitrogen and oxygen atoms in total. The van der Waals surface area contributed by atoms with E-state index in [1.54, 1.807) is 35.2 Å². The molecule has 208 valence electrons. The van der Waals surface area contributed by atoms with Crippen LogP contribution in [-0.4, -0.2) is 63.9 Å². The molecule has 0 unspecified atom stereocenters. The topological polar surface area (TPSA) is 88.7 Å². The number of hydrogen-bond acceptors (Lipinski definition) is 4. The summed E-state index contributed by atoms with van der Waals surface area (Å²) in [6.07, 6.45) is 6.06. The van der Waals surface area contributed by atoms with Crippen molar-refractivity contribution in [3.63, 3.8) is 0 Å². The number of carbonyl (C=O) groups is 2. The minimum atomic E-state index is -0.805. The van der Waals surface area contributed by atoms with Crippen LogP contribution in [0.25, 0.3) is 11.3 Å². The van der Waals surface area contributed by atoms with Gasteiger partial charge in [0.25, 0.3) is 5.91 Å². The van der Waals surface area contributed by atoms with Gasteiger partial charge in [0.05, 0.1) is 0 Å². The van der Waals surface area contributed by atoms with Crippen LogP contribution in [0, 0.1) is 0 Å². The van der Waals surface area contributed by atoms with Gasteiger partial charge in [0.2, 0.25) is 5.91 Å². The maximum Gasteiger partial charge on any atom is 0.271 e. The normalized spacial score (nSPS) is 14.7. The highest BCUT2D eigenvalue weighted by molar-refractivity contribution is 5.97. The lowest BCUT2D eigenvalue weighted by molar-refractivity contribution is -0.127. The van der Waals surface area contributed by atoms with E-state index in [-0.39, 0.29) is 23.6 Å². The van der Waals surface area contributed by atoms with Gasteiger partial charge < -0.3 is 25.2 Å². The van der Waals surface area contributed by atoms with Crippen molar-refractivity contribution in [1.82, 2.24) is 20.1 Å². The van der Waals surface area contributed by atoms with Gasteiger partial charge in [-0.2, -0.15) is 0 Å². The van der Waals surface area contributed by atoms with Crippen molar-refractivity contribution in [2.24, 2.45) is 0 Å². The van der Waals surface area contributed by atoms with Gasteiger partial charge in [-0.15, -0.1) is 0 Å². The number of amides is 2. The summed E-state index contributed by atoms with van der Waals surface area (Å²) in [5.74, 6) is -0.256. The molecule has 2 amide bonds. The maximum absolute atomic E-state index is 14.1. The first-order valence-electron chi connectivity index (χ1n) is 14.4. The van der Waals surface area contributed by atoms with Crippen LogP contribution in [0.1, 0.15) is 74.5 Å². The summed E-state index contributed by atoms with van der Waals surface area (Å²) in [4.78, 5) is 35.4. The van der Waals surface area contributed by atoms with E-state index in [0.29, 0.717) is 17.8 Å². The van der Waals surface area contributed by atoms with Crippen LogP contribution >= 0.6 is 0 Å². The molecule has 1 aromatic heterocycles. The molecule has 1 heterocycles. The second-order valence-electron chi connectivity index (χ2n) is 10.4. The Morgan fingerprint density at radius 2 is 1.62 bits per heavy atom. The Morgan fingerprint density at radius 1 is 0.923 bits per heavy atom. The number of nitrogens with one attached hydrogen (secondary N) is 2. The highest BCUT2D eigenvalue weighted by Gasteiger charge is 2.34. The molecule has 0 radical (unpaired) electrons. The fraction of sp³-hybridized carbons (Fsp3) is 0.438. The van der Waals surface area contributed by atoms with Crippen molar-refractivity contribution in [2.45, 2.75) is 64.5 Å². The molecule has 2 aromatic carbocycles. The maximum atomic E-state index is 14.1. The second kappa shape index (κ2) is 14.0. The third-order valence-electron chi connectivity index (χ3n) is 7.75. The number of phenolic OH excluding ortho intramolecular Hbond substituents is 1. The van der Waals surface area contributed by atoms with Crippen molar-refractivity contribution in [2.75, 3.05) is 26.2 Å². The number of H-pyrrole nitrogens is 1. The number of aromatic hydroxyl groups is 1. The highest BCUT2D eigenvalue weighted by Crippen LogP contribution is 2.28. The van der Waals surface area contributed by atoms with Gasteiger partial charge in [0.15, 0.2) is 0 Å². The molecule has 1 fully saturated rings. The minimum Gasteiger partial charge on any atom is -0.508 e. The first-order chi connectivity index (χ1) is 19.0. The average molecular weight is 531 g/mol. The SMILES string of the molecule is CCN(CC)CCCN(C(=O)c1ccc(-c2ccccc2)[nH]1)[C@@H](C(=O)NC1CCCCC1)c1ccc(O)cc1. The minimum absolute atomic E-state index is 0.119. The molecule has 0 saturated heterocycles. The largest absolute Gasteiger partial charge is 0.508 e. The van der Waals surface area contributed by atoms with Gasteiger partial charge in [-0.25, -0.2) is 0 Å². The lowest BCUT2D eigenvalue weighted by atomic mass is 9.94. The number of nitrogens with zero attached hydrogens (tertiary/aromatic N) is 2. The number of aromatic nitrogens is 1. The molecule has 1 saturated carbocycles. The zero-order chi connectivity index (χ0) is 27.6. The molecule has 0 spiro atoms. The summed E-state index contributed by atoms with van der Waals surface area (Å²) < 4.78 is 0. The zero-order valence-electron chi connectivity index (χ0n) is 23.2. The molecule has 7 heteroatoms. The summed E-state index contributed by atoms with van der Waals surface area (Å²) in [5, 5.41) is 13.2. The van der Waals surface area contributed by atoms with E-state index in [0.717, 1.165) is 63.0 Å². The first-order valence-corrected chi connectivity index (χ1v) is 14.4. The van der Waals surface area contributed by atoms with Crippen molar-refractivity contribution in [3.8, 4) is 17.0 Å². The Hall–Kier alpha value is -3.58. The lowest BCUT2D eigenvalue weighted by Crippen LogP contribution is -2.47. The number of aromatic amines is 1. The summed E-state index contributed by atoms with van der Waals surface area (Å²) in [7, 11) is 0. The van der Waals surface area contributed by atoms with Gasteiger partial charge in [0, 0.05) is 18.3 Å². The van der Waals surface area contributed by atoms with E-state index >= 15 is 0 Å². The molecule has 4 rings (SSSR count). The van der Waals surface area contributed by atoms with Crippen molar-refractivity contribution < 1.29 is 14.7 Å². The van der Waals surface area contributed by atoms with Crippen LogP contribution in [0.5, 0.6) is 5.75 Å². The van der Waals surface area contributed by atoms with E-state index in [2.05, 4.69) is 29.0 Å². The Morgan fingerprint density at radius 3 is 2.28 bits per heavy atom. The molecule has 1 aliphatic rings. The Bertz CT molecular complexity index is 1180. The monoisotopic (exact) mass is 530 g/mol. The smallest absolute Gasteiger partial charge is 0.271 e. The standard InChI is InChI=1S/C32H42N4O3/c1-3-35(4-2)22-11-23-36(32(39)29-21-20-28(34-29)24-12-7-5-8-13-24)30(25-16-18-27(37)19-17-25)31(38)33-26-14-9-6-10-15-26/h5,7-8,12-13,16-21,26,30,34,37H,3-4,6,9-11,14-15,22-23H2,1-2H3,(H,33,38)/t30-/m1/s1. The van der Waals surface area contributed by atoms with Crippen LogP contribution in [0.2, 0.25) is 0 Å². The molecule has 3 aromatic rings. The van der Waals surface area contributed by atoms with Crippen molar-refractivity contribution in [3.05, 3.63) is 78.0 Å². The molecule has 1 aliphatic carbocycles. The van der Waals surface area contributed by atoms with Crippen LogP contribution in [0.3, 0.4) is 0 Å². The number of carbonyl (C=O) groups excluding carboxylic acids is 2. The summed E-state index contributed by atoms with van der Waals surface area (Å²) in [5.41, 5.74) is 2.99. The Labute approximate surface area is 232 Å². The van der Waals surface area contributed by atoms with E-state index < -0.39 is 6.04 Å². The highest BCUT2D eigenvalue weighted by atomic mass is 16.3. The molecular weight excluding hydrogens is 488 g/mol. The van der Waals surface area contributed by atoms with Crippen LogP contribution in [-0.2, 0) is 4.79 Å². The predicted octanol–water partition coefficient (Wildman–Crippen LogP) is 5.75. The third kappa shape index (κ3) is 7.51. The second-order valence-corrected chi connectivity index (χ2v) is 10.4.